The van der Waals surface area contributed by atoms with Crippen LogP contribution in [0.15, 0.2) is 0 Å². The van der Waals surface area contributed by atoms with Crippen LogP contribution in [0.3, 0.4) is 0 Å². The van der Waals surface area contributed by atoms with Gasteiger partial charge in [0, 0.05) is 6.54 Å². The molecule has 17 heavy (non-hydrogen) atoms. The van der Waals surface area contributed by atoms with Crippen LogP contribution in [0.25, 0.3) is 0 Å². The van der Waals surface area contributed by atoms with Crippen molar-refractivity contribution in [2.45, 2.75) is 43.3 Å². The van der Waals surface area contributed by atoms with Crippen molar-refractivity contribution in [2.24, 2.45) is 11.7 Å². The normalized spacial score (nSPS) is 26.2. The monoisotopic (exact) mass is 272 g/mol. The average molecular weight is 272 g/mol. The third kappa shape index (κ3) is 3.15. The minimum absolute atomic E-state index is 0.0848. The molecule has 0 bridgehead atoms. The van der Waals surface area contributed by atoms with Crippen molar-refractivity contribution in [3.05, 3.63) is 0 Å². The first kappa shape index (κ1) is 13.6. The molecule has 2 N–H and O–H groups in total. The Hall–Kier alpha value is 0.200. The van der Waals surface area contributed by atoms with Crippen molar-refractivity contribution in [1.82, 2.24) is 4.90 Å². The lowest BCUT2D eigenvalue weighted by Crippen LogP contribution is -2.49. The molecular weight excluding hydrogens is 248 g/mol. The van der Waals surface area contributed by atoms with Crippen LogP contribution in [0.2, 0.25) is 0 Å². The molecule has 0 atom stereocenters. The van der Waals surface area contributed by atoms with Crippen LogP contribution in [0.4, 0.5) is 0 Å². The van der Waals surface area contributed by atoms with E-state index in [0.29, 0.717) is 4.99 Å². The molecule has 2 nitrogen and oxygen atoms in total. The Kier molecular flexibility index (Phi) is 4.72. The van der Waals surface area contributed by atoms with E-state index in [1.54, 1.807) is 0 Å². The minimum Gasteiger partial charge on any atom is -0.392 e. The highest BCUT2D eigenvalue weighted by Gasteiger charge is 2.37. The average Bonchev–Trinajstić information content (AvgIpc) is 2.83. The lowest BCUT2D eigenvalue weighted by molar-refractivity contribution is 0.190. The van der Waals surface area contributed by atoms with E-state index in [0.717, 1.165) is 18.8 Å². The molecule has 2 aliphatic rings. The van der Waals surface area contributed by atoms with Gasteiger partial charge in [0.05, 0.1) is 9.74 Å². The molecule has 1 saturated carbocycles. The SMILES string of the molecule is CSC1(C(N)=S)CCN(CC2CCCC2)CC1. The number of hydrogen-bond acceptors (Lipinski definition) is 3. The number of thioether (sulfide) groups is 1. The minimum atomic E-state index is 0.0848. The number of nitrogens with two attached hydrogens (primary N) is 1. The van der Waals surface area contributed by atoms with E-state index in [4.69, 9.17) is 18.0 Å². The van der Waals surface area contributed by atoms with Crippen molar-refractivity contribution >= 4 is 29.0 Å². The fourth-order valence-electron chi connectivity index (χ4n) is 3.21. The third-order valence-electron chi connectivity index (χ3n) is 4.49. The van der Waals surface area contributed by atoms with Gasteiger partial charge in [-0.25, -0.2) is 0 Å². The maximum atomic E-state index is 5.91. The van der Waals surface area contributed by atoms with E-state index < -0.39 is 0 Å². The van der Waals surface area contributed by atoms with Gasteiger partial charge in [-0.3, -0.25) is 0 Å². The first-order valence-corrected chi connectivity index (χ1v) is 8.37. The second-order valence-corrected chi connectivity index (χ2v) is 7.14. The molecule has 0 aromatic carbocycles. The standard InChI is InChI=1S/C13H24N2S2/c1-17-13(12(14)16)6-8-15(9-7-13)10-11-4-2-3-5-11/h11H,2-10H2,1H3,(H2,14,16). The Morgan fingerprint density at radius 1 is 1.35 bits per heavy atom. The van der Waals surface area contributed by atoms with Gasteiger partial charge in [0.25, 0.3) is 0 Å². The van der Waals surface area contributed by atoms with Crippen LogP contribution in [0.5, 0.6) is 0 Å². The molecule has 98 valence electrons. The van der Waals surface area contributed by atoms with Gasteiger partial charge in [-0.2, -0.15) is 11.8 Å². The van der Waals surface area contributed by atoms with Gasteiger partial charge in [0.15, 0.2) is 0 Å². The van der Waals surface area contributed by atoms with E-state index in [2.05, 4.69) is 11.2 Å². The molecule has 2 rings (SSSR count). The lowest BCUT2D eigenvalue weighted by atomic mass is 9.94. The van der Waals surface area contributed by atoms with E-state index in [9.17, 15) is 0 Å². The summed E-state index contributed by atoms with van der Waals surface area (Å²) in [7, 11) is 0. The van der Waals surface area contributed by atoms with Crippen LogP contribution < -0.4 is 5.73 Å². The number of rotatable bonds is 4. The molecule has 1 saturated heterocycles. The zero-order valence-electron chi connectivity index (χ0n) is 10.8. The summed E-state index contributed by atoms with van der Waals surface area (Å²) in [4.78, 5) is 3.34. The Labute approximate surface area is 115 Å². The van der Waals surface area contributed by atoms with Gasteiger partial charge in [-0.1, -0.05) is 25.1 Å². The summed E-state index contributed by atoms with van der Waals surface area (Å²) in [5.74, 6) is 0.960. The molecule has 0 aromatic rings. The first-order valence-electron chi connectivity index (χ1n) is 6.74. The van der Waals surface area contributed by atoms with Crippen LogP contribution in [-0.2, 0) is 0 Å². The second-order valence-electron chi connectivity index (χ2n) is 5.51. The highest BCUT2D eigenvalue weighted by Crippen LogP contribution is 2.36. The van der Waals surface area contributed by atoms with E-state index in [-0.39, 0.29) is 4.75 Å². The van der Waals surface area contributed by atoms with Crippen LogP contribution in [0.1, 0.15) is 38.5 Å². The molecule has 0 spiro atoms. The predicted octanol–water partition coefficient (Wildman–Crippen LogP) is 2.66. The fraction of sp³-hybridized carbons (Fsp3) is 0.923. The molecular formula is C13H24N2S2. The lowest BCUT2D eigenvalue weighted by Gasteiger charge is -2.40. The summed E-state index contributed by atoms with van der Waals surface area (Å²) < 4.78 is 0.0848. The van der Waals surface area contributed by atoms with Crippen LogP contribution in [-0.4, -0.2) is 40.5 Å². The maximum absolute atomic E-state index is 5.91. The van der Waals surface area contributed by atoms with Crippen molar-refractivity contribution in [3.8, 4) is 0 Å². The van der Waals surface area contributed by atoms with Crippen molar-refractivity contribution in [2.75, 3.05) is 25.9 Å². The summed E-state index contributed by atoms with van der Waals surface area (Å²) in [6.45, 7) is 3.66. The topological polar surface area (TPSA) is 29.3 Å². The quantitative estimate of drug-likeness (QED) is 0.797. The maximum Gasteiger partial charge on any atom is 0.0891 e. The Balaban J connectivity index is 1.82. The smallest absolute Gasteiger partial charge is 0.0891 e. The highest BCUT2D eigenvalue weighted by molar-refractivity contribution is 8.02. The summed E-state index contributed by atoms with van der Waals surface area (Å²) in [5, 5.41) is 0. The van der Waals surface area contributed by atoms with Crippen molar-refractivity contribution in [3.63, 3.8) is 0 Å². The third-order valence-corrected chi connectivity index (χ3v) is 6.42. The van der Waals surface area contributed by atoms with Crippen LogP contribution in [0, 0.1) is 5.92 Å². The van der Waals surface area contributed by atoms with Crippen molar-refractivity contribution < 1.29 is 0 Å². The zero-order chi connectivity index (χ0) is 12.3. The summed E-state index contributed by atoms with van der Waals surface area (Å²) in [5.41, 5.74) is 5.91. The van der Waals surface area contributed by atoms with E-state index in [1.807, 2.05) is 11.8 Å². The van der Waals surface area contributed by atoms with Crippen LogP contribution >= 0.6 is 24.0 Å². The summed E-state index contributed by atoms with van der Waals surface area (Å²) in [6.07, 6.45) is 10.2. The molecule has 4 heteroatoms. The molecule has 2 fully saturated rings. The van der Waals surface area contributed by atoms with Gasteiger partial charge in [0.2, 0.25) is 0 Å². The number of piperidine rings is 1. The Morgan fingerprint density at radius 2 is 1.94 bits per heavy atom. The molecule has 0 amide bonds. The fourth-order valence-corrected chi connectivity index (χ4v) is 4.45. The molecule has 1 heterocycles. The summed E-state index contributed by atoms with van der Waals surface area (Å²) in [6, 6.07) is 0. The Bertz CT molecular complexity index is 267. The number of nitrogens with zero attached hydrogens (tertiary/aromatic N) is 1. The number of hydrogen-bond donors (Lipinski definition) is 1. The zero-order valence-corrected chi connectivity index (χ0v) is 12.4. The number of thiocarbonyl (C=S) groups is 1. The number of likely N-dealkylation sites (tertiary alicyclic amines) is 1. The largest absolute Gasteiger partial charge is 0.392 e. The van der Waals surface area contributed by atoms with Gasteiger partial charge >= 0.3 is 0 Å². The molecule has 1 aliphatic heterocycles. The van der Waals surface area contributed by atoms with Gasteiger partial charge in [-0.15, -0.1) is 0 Å². The Morgan fingerprint density at radius 3 is 2.41 bits per heavy atom. The molecule has 0 aromatic heterocycles. The molecule has 1 aliphatic carbocycles. The summed E-state index contributed by atoms with van der Waals surface area (Å²) >= 11 is 7.10. The van der Waals surface area contributed by atoms with Crippen molar-refractivity contribution in [1.29, 1.82) is 0 Å². The van der Waals surface area contributed by atoms with E-state index in [1.165, 1.54) is 45.3 Å². The van der Waals surface area contributed by atoms with Gasteiger partial charge in [-0.05, 0) is 50.9 Å². The van der Waals surface area contributed by atoms with E-state index >= 15 is 0 Å². The second kappa shape index (κ2) is 5.89. The van der Waals surface area contributed by atoms with Gasteiger partial charge in [0.1, 0.15) is 0 Å². The molecule has 0 radical (unpaired) electrons. The highest BCUT2D eigenvalue weighted by atomic mass is 32.2. The molecule has 0 unspecified atom stereocenters. The predicted molar refractivity (Wildman–Crippen MR) is 80.7 cm³/mol. The first-order chi connectivity index (χ1) is 8.16. The van der Waals surface area contributed by atoms with Gasteiger partial charge < -0.3 is 10.6 Å².